The number of hydrogen-bond acceptors (Lipinski definition) is 3. The van der Waals surface area contributed by atoms with Gasteiger partial charge in [0.15, 0.2) is 5.78 Å². The number of fused-ring (bicyclic) bond motifs is 1. The maximum Gasteiger partial charge on any atom is 0.251 e. The first kappa shape index (κ1) is 12.0. The molecule has 5 heteroatoms. The van der Waals surface area contributed by atoms with Gasteiger partial charge in [-0.1, -0.05) is 26.7 Å². The number of amides is 2. The quantitative estimate of drug-likeness (QED) is 0.732. The Morgan fingerprint density at radius 1 is 1.29 bits per heavy atom. The van der Waals surface area contributed by atoms with Crippen molar-refractivity contribution in [3.8, 4) is 0 Å². The average Bonchev–Trinajstić information content (AvgIpc) is 2.54. The summed E-state index contributed by atoms with van der Waals surface area (Å²) in [6.45, 7) is 3.70. The summed E-state index contributed by atoms with van der Waals surface area (Å²) in [6.07, 6.45) is 2.34. The SMILES string of the molecule is CCCC[C@H]1C(=O)NC2=NC(=O)[C@H](C)[C@@H]2C1=O. The van der Waals surface area contributed by atoms with E-state index in [-0.39, 0.29) is 23.4 Å². The first-order valence-corrected chi connectivity index (χ1v) is 6.03. The number of Topliss-reactive ketones (excluding diaryl/α,β-unsaturated/α-hetero) is 1. The number of carbonyl (C=O) groups is 3. The standard InChI is InChI=1S/C12H16N2O3/c1-3-4-5-7-9(15)8-6(2)11(16)13-10(8)14-12(7)17/h6-8H,3-5H2,1-2H3,(H,13,14,16,17)/t6-,7-,8-/m1/s1. The highest BCUT2D eigenvalue weighted by molar-refractivity contribution is 6.26. The van der Waals surface area contributed by atoms with Crippen LogP contribution in [0.5, 0.6) is 0 Å². The van der Waals surface area contributed by atoms with Gasteiger partial charge in [0, 0.05) is 0 Å². The summed E-state index contributed by atoms with van der Waals surface area (Å²) in [7, 11) is 0. The smallest absolute Gasteiger partial charge is 0.251 e. The zero-order valence-electron chi connectivity index (χ0n) is 10.0. The van der Waals surface area contributed by atoms with Crippen molar-refractivity contribution in [2.75, 3.05) is 0 Å². The predicted octanol–water partition coefficient (Wildman–Crippen LogP) is 0.683. The van der Waals surface area contributed by atoms with Crippen LogP contribution in [0.1, 0.15) is 33.1 Å². The molecule has 92 valence electrons. The second-order valence-corrected chi connectivity index (χ2v) is 4.69. The Labute approximate surface area is 99.7 Å². The fourth-order valence-electron chi connectivity index (χ4n) is 2.40. The number of rotatable bonds is 3. The highest BCUT2D eigenvalue weighted by Crippen LogP contribution is 2.30. The van der Waals surface area contributed by atoms with E-state index < -0.39 is 17.8 Å². The molecule has 1 fully saturated rings. The summed E-state index contributed by atoms with van der Waals surface area (Å²) in [6, 6.07) is 0. The molecule has 0 aromatic carbocycles. The second kappa shape index (κ2) is 4.39. The molecule has 0 aromatic heterocycles. The molecule has 17 heavy (non-hydrogen) atoms. The number of aliphatic imine (C=N–C) groups is 1. The van der Waals surface area contributed by atoms with Crippen molar-refractivity contribution in [1.29, 1.82) is 0 Å². The van der Waals surface area contributed by atoms with E-state index in [1.54, 1.807) is 6.92 Å². The van der Waals surface area contributed by atoms with E-state index in [0.29, 0.717) is 6.42 Å². The monoisotopic (exact) mass is 236 g/mol. The van der Waals surface area contributed by atoms with Crippen molar-refractivity contribution in [2.24, 2.45) is 22.7 Å². The minimum atomic E-state index is -0.604. The number of nitrogens with zero attached hydrogens (tertiary/aromatic N) is 1. The average molecular weight is 236 g/mol. The predicted molar refractivity (Wildman–Crippen MR) is 61.3 cm³/mol. The van der Waals surface area contributed by atoms with Gasteiger partial charge in [-0.2, -0.15) is 4.99 Å². The lowest BCUT2D eigenvalue weighted by atomic mass is 9.79. The van der Waals surface area contributed by atoms with Crippen LogP contribution in [0, 0.1) is 17.8 Å². The normalized spacial score (nSPS) is 32.2. The molecule has 0 saturated carbocycles. The van der Waals surface area contributed by atoms with Crippen LogP contribution in [0.4, 0.5) is 0 Å². The van der Waals surface area contributed by atoms with Crippen molar-refractivity contribution in [1.82, 2.24) is 5.32 Å². The fraction of sp³-hybridized carbons (Fsp3) is 0.667. The van der Waals surface area contributed by atoms with Gasteiger partial charge in [-0.25, -0.2) is 0 Å². The molecule has 2 aliphatic heterocycles. The Bertz CT molecular complexity index is 414. The van der Waals surface area contributed by atoms with Crippen LogP contribution in [0.2, 0.25) is 0 Å². The highest BCUT2D eigenvalue weighted by atomic mass is 16.2. The maximum atomic E-state index is 12.2. The van der Waals surface area contributed by atoms with Gasteiger partial charge < -0.3 is 5.32 Å². The number of ketones is 1. The number of piperidine rings is 1. The molecule has 2 amide bonds. The van der Waals surface area contributed by atoms with Gasteiger partial charge >= 0.3 is 0 Å². The minimum Gasteiger partial charge on any atom is -0.313 e. The Morgan fingerprint density at radius 3 is 2.65 bits per heavy atom. The lowest BCUT2D eigenvalue weighted by molar-refractivity contribution is -0.138. The van der Waals surface area contributed by atoms with E-state index in [0.717, 1.165) is 12.8 Å². The van der Waals surface area contributed by atoms with Crippen molar-refractivity contribution >= 4 is 23.4 Å². The molecule has 1 saturated heterocycles. The largest absolute Gasteiger partial charge is 0.313 e. The van der Waals surface area contributed by atoms with E-state index in [4.69, 9.17) is 0 Å². The number of nitrogens with one attached hydrogen (secondary N) is 1. The molecule has 0 spiro atoms. The molecule has 2 rings (SSSR count). The van der Waals surface area contributed by atoms with Crippen molar-refractivity contribution < 1.29 is 14.4 Å². The lowest BCUT2D eigenvalue weighted by Crippen LogP contribution is -2.52. The Morgan fingerprint density at radius 2 is 2.00 bits per heavy atom. The summed E-state index contributed by atoms with van der Waals surface area (Å²) < 4.78 is 0. The molecule has 0 aliphatic carbocycles. The van der Waals surface area contributed by atoms with Gasteiger partial charge in [0.1, 0.15) is 5.84 Å². The zero-order chi connectivity index (χ0) is 12.6. The van der Waals surface area contributed by atoms with Gasteiger partial charge in [0.05, 0.1) is 17.8 Å². The Balaban J connectivity index is 2.21. The van der Waals surface area contributed by atoms with Gasteiger partial charge in [0.2, 0.25) is 5.91 Å². The molecule has 1 N–H and O–H groups in total. The molecule has 0 aromatic rings. The Hall–Kier alpha value is -1.52. The van der Waals surface area contributed by atoms with E-state index in [9.17, 15) is 14.4 Å². The van der Waals surface area contributed by atoms with Crippen LogP contribution in [0.15, 0.2) is 4.99 Å². The lowest BCUT2D eigenvalue weighted by Gasteiger charge is -2.27. The van der Waals surface area contributed by atoms with Crippen LogP contribution in [-0.2, 0) is 14.4 Å². The van der Waals surface area contributed by atoms with Crippen molar-refractivity contribution in [3.63, 3.8) is 0 Å². The van der Waals surface area contributed by atoms with Gasteiger partial charge in [-0.3, -0.25) is 14.4 Å². The van der Waals surface area contributed by atoms with Crippen LogP contribution in [-0.4, -0.2) is 23.4 Å². The Kier molecular flexibility index (Phi) is 3.09. The van der Waals surface area contributed by atoms with Gasteiger partial charge in [-0.05, 0) is 6.42 Å². The van der Waals surface area contributed by atoms with E-state index in [1.807, 2.05) is 6.92 Å². The first-order chi connectivity index (χ1) is 8.06. The number of carbonyl (C=O) groups excluding carboxylic acids is 3. The third-order valence-corrected chi connectivity index (χ3v) is 3.48. The molecular formula is C12H16N2O3. The van der Waals surface area contributed by atoms with E-state index in [2.05, 4.69) is 10.3 Å². The van der Waals surface area contributed by atoms with E-state index in [1.165, 1.54) is 0 Å². The van der Waals surface area contributed by atoms with Gasteiger partial charge in [-0.15, -0.1) is 0 Å². The summed E-state index contributed by atoms with van der Waals surface area (Å²) in [4.78, 5) is 39.1. The molecule has 5 nitrogen and oxygen atoms in total. The molecule has 0 unspecified atom stereocenters. The minimum absolute atomic E-state index is 0.140. The highest BCUT2D eigenvalue weighted by Gasteiger charge is 2.48. The summed E-state index contributed by atoms with van der Waals surface area (Å²) in [5.74, 6) is -2.06. The summed E-state index contributed by atoms with van der Waals surface area (Å²) in [5, 5.41) is 2.60. The van der Waals surface area contributed by atoms with Crippen LogP contribution in [0.25, 0.3) is 0 Å². The summed E-state index contributed by atoms with van der Waals surface area (Å²) >= 11 is 0. The topological polar surface area (TPSA) is 75.6 Å². The molecule has 0 radical (unpaired) electrons. The molecule has 3 atom stereocenters. The van der Waals surface area contributed by atoms with Crippen molar-refractivity contribution in [2.45, 2.75) is 33.1 Å². The second-order valence-electron chi connectivity index (χ2n) is 4.69. The third-order valence-electron chi connectivity index (χ3n) is 3.48. The molecular weight excluding hydrogens is 220 g/mol. The molecule has 2 aliphatic rings. The molecule has 2 heterocycles. The summed E-state index contributed by atoms with van der Waals surface area (Å²) in [5.41, 5.74) is 0. The van der Waals surface area contributed by atoms with Crippen LogP contribution < -0.4 is 5.32 Å². The number of amidine groups is 1. The number of unbranched alkanes of at least 4 members (excludes halogenated alkanes) is 1. The van der Waals surface area contributed by atoms with Gasteiger partial charge in [0.25, 0.3) is 5.91 Å². The zero-order valence-corrected chi connectivity index (χ0v) is 10.0. The third kappa shape index (κ3) is 1.90. The van der Waals surface area contributed by atoms with Crippen LogP contribution >= 0.6 is 0 Å². The van der Waals surface area contributed by atoms with Crippen molar-refractivity contribution in [3.05, 3.63) is 0 Å². The van der Waals surface area contributed by atoms with Crippen LogP contribution in [0.3, 0.4) is 0 Å². The first-order valence-electron chi connectivity index (χ1n) is 6.03. The van der Waals surface area contributed by atoms with E-state index >= 15 is 0 Å². The molecule has 0 bridgehead atoms. The number of hydrogen-bond donors (Lipinski definition) is 1. The maximum absolute atomic E-state index is 12.2. The fourth-order valence-corrected chi connectivity index (χ4v) is 2.40.